The summed E-state index contributed by atoms with van der Waals surface area (Å²) in [6.07, 6.45) is -2.93. The van der Waals surface area contributed by atoms with Crippen LogP contribution in [-0.4, -0.2) is 49.2 Å². The number of hydrogen-bond donors (Lipinski definition) is 4. The number of aryl methyl sites for hydroxylation is 1. The molecule has 1 aliphatic heterocycles. The maximum atomic E-state index is 14.9. The molecule has 3 aromatic carbocycles. The molecule has 0 aromatic heterocycles. The third kappa shape index (κ3) is 7.90. The average Bonchev–Trinajstić information content (AvgIpc) is 2.95. The third-order valence-corrected chi connectivity index (χ3v) is 6.55. The molecule has 1 atom stereocenters. The lowest BCUT2D eigenvalue weighted by molar-refractivity contribution is -0.131. The highest BCUT2D eigenvalue weighted by Crippen LogP contribution is 2.33. The maximum absolute atomic E-state index is 14.9. The monoisotopic (exact) mass is 605 g/mol. The summed E-state index contributed by atoms with van der Waals surface area (Å²) in [6, 6.07) is 11.7. The van der Waals surface area contributed by atoms with Gasteiger partial charge in [-0.3, -0.25) is 15.0 Å². The number of likely N-dealkylation sites (N-methyl/N-ethyl adjacent to an activating group) is 1. The first-order chi connectivity index (χ1) is 20.4. The minimum Gasteiger partial charge on any atom is -0.487 e. The van der Waals surface area contributed by atoms with Crippen LogP contribution in [0.2, 0.25) is 0 Å². The largest absolute Gasteiger partial charge is 0.487 e. The van der Waals surface area contributed by atoms with Crippen LogP contribution in [0, 0.1) is 11.2 Å². The molecule has 2 amide bonds. The van der Waals surface area contributed by atoms with Gasteiger partial charge in [-0.15, -0.1) is 0 Å². The van der Waals surface area contributed by atoms with Crippen molar-refractivity contribution in [2.45, 2.75) is 38.5 Å². The number of hydrogen-bond acceptors (Lipinski definition) is 6. The molecule has 228 valence electrons. The molecule has 0 fully saturated rings. The van der Waals surface area contributed by atoms with E-state index >= 15 is 0 Å². The molecule has 14 heteroatoms. The number of anilines is 2. The molecular weight excluding hydrogens is 577 g/mol. The van der Waals surface area contributed by atoms with Crippen molar-refractivity contribution in [2.24, 2.45) is 5.73 Å². The molecule has 4 rings (SSSR count). The van der Waals surface area contributed by atoms with Crippen molar-refractivity contribution < 1.29 is 41.0 Å². The van der Waals surface area contributed by atoms with Crippen LogP contribution < -0.4 is 25.8 Å². The highest BCUT2D eigenvalue weighted by atomic mass is 19.3. The Balaban J connectivity index is 1.80. The molecule has 0 radical (unpaired) electrons. The third-order valence-electron chi connectivity index (χ3n) is 6.55. The Labute approximate surface area is 243 Å². The van der Waals surface area contributed by atoms with Gasteiger partial charge in [0.2, 0.25) is 11.8 Å². The van der Waals surface area contributed by atoms with Crippen molar-refractivity contribution in [2.75, 3.05) is 24.3 Å². The summed E-state index contributed by atoms with van der Waals surface area (Å²) in [6.45, 7) is -4.62. The first-order valence-electron chi connectivity index (χ1n) is 13.0. The Morgan fingerprint density at radius 2 is 1.79 bits per heavy atom. The van der Waals surface area contributed by atoms with E-state index in [1.807, 2.05) is 0 Å². The van der Waals surface area contributed by atoms with E-state index in [9.17, 15) is 31.5 Å². The van der Waals surface area contributed by atoms with Crippen LogP contribution in [0.3, 0.4) is 0 Å². The normalized spacial score (nSPS) is 15.6. The molecule has 0 spiro atoms. The quantitative estimate of drug-likeness (QED) is 0.162. The van der Waals surface area contributed by atoms with E-state index in [1.54, 1.807) is 30.3 Å². The predicted octanol–water partition coefficient (Wildman–Crippen LogP) is 5.05. The lowest BCUT2D eigenvalue weighted by Gasteiger charge is -2.27. The zero-order valence-corrected chi connectivity index (χ0v) is 22.8. The molecule has 5 N–H and O–H groups in total. The van der Waals surface area contributed by atoms with E-state index < -0.39 is 49.1 Å². The van der Waals surface area contributed by atoms with Crippen molar-refractivity contribution in [1.29, 1.82) is 5.41 Å². The number of nitrogen functional groups attached to an aromatic ring is 1. The van der Waals surface area contributed by atoms with E-state index in [-0.39, 0.29) is 42.2 Å². The molecule has 43 heavy (non-hydrogen) atoms. The number of nitrogens with two attached hydrogens (primary N) is 1. The van der Waals surface area contributed by atoms with Gasteiger partial charge in [0.25, 0.3) is 6.43 Å². The molecule has 3 aromatic rings. The molecule has 0 aliphatic carbocycles. The van der Waals surface area contributed by atoms with Gasteiger partial charge in [0.1, 0.15) is 24.2 Å². The van der Waals surface area contributed by atoms with E-state index in [0.29, 0.717) is 22.4 Å². The van der Waals surface area contributed by atoms with Gasteiger partial charge in [-0.25, -0.2) is 13.2 Å². The number of rotatable bonds is 8. The number of nitrogens with zero attached hydrogens (tertiary/aromatic N) is 1. The number of nitrogens with one attached hydrogen (secondary N) is 3. The topological polar surface area (TPSA) is 130 Å². The number of carbonyl (C=O) groups excluding carboxylic acids is 2. The molecule has 0 unspecified atom stereocenters. The predicted molar refractivity (Wildman–Crippen MR) is 148 cm³/mol. The van der Waals surface area contributed by atoms with Crippen LogP contribution in [0.5, 0.6) is 11.5 Å². The minimum absolute atomic E-state index is 0.00419. The summed E-state index contributed by atoms with van der Waals surface area (Å²) in [5.41, 5.74) is 6.98. The summed E-state index contributed by atoms with van der Waals surface area (Å²) in [5.74, 6) is -3.15. The van der Waals surface area contributed by atoms with Crippen LogP contribution in [0.4, 0.5) is 33.3 Å². The van der Waals surface area contributed by atoms with Crippen LogP contribution in [0.1, 0.15) is 34.7 Å². The Bertz CT molecular complexity index is 1500. The highest BCUT2D eigenvalue weighted by molar-refractivity contribution is 5.95. The molecule has 1 aliphatic rings. The molecular formula is C29H28F5N5O4. The standard InChI is InChI=1S/C29H28F5N5O4/c1-39-13-18-11-20(12-21(30)26(18)43-29(33)34)37-24(40)9-5-16-10-17(4-8-22(16)42-14-23(31)32)25(28(39)41)38-19-6-2-15(3-7-19)27(35)36/h2-4,6-8,10-12,23,25,29,38H,5,9,13-14H2,1H3,(H3,35,36)(H,37,40)/t25-/m1/s1. The second kappa shape index (κ2) is 13.4. The first kappa shape index (κ1) is 31.1. The number of ether oxygens (including phenoxy) is 2. The second-order valence-corrected chi connectivity index (χ2v) is 9.70. The minimum atomic E-state index is -3.35. The SMILES string of the molecule is CN1Cc2cc(cc(F)c2OC(F)F)NC(=O)CCc2cc(ccc2OCC(F)F)[C@@H](Nc2ccc(C(=N)N)cc2)C1=O. The van der Waals surface area contributed by atoms with Gasteiger partial charge in [0.15, 0.2) is 11.6 Å². The molecule has 4 bridgehead atoms. The molecule has 9 nitrogen and oxygen atoms in total. The van der Waals surface area contributed by atoms with Crippen LogP contribution in [0.15, 0.2) is 54.6 Å². The van der Waals surface area contributed by atoms with E-state index in [2.05, 4.69) is 15.4 Å². The number of carbonyl (C=O) groups is 2. The number of amides is 2. The van der Waals surface area contributed by atoms with Crippen molar-refractivity contribution in [3.8, 4) is 11.5 Å². The smallest absolute Gasteiger partial charge is 0.387 e. The summed E-state index contributed by atoms with van der Waals surface area (Å²) in [7, 11) is 1.37. The van der Waals surface area contributed by atoms with Crippen LogP contribution in [-0.2, 0) is 22.6 Å². The Morgan fingerprint density at radius 3 is 2.44 bits per heavy atom. The lowest BCUT2D eigenvalue weighted by Crippen LogP contribution is -2.35. The Morgan fingerprint density at radius 1 is 1.07 bits per heavy atom. The number of halogens is 5. The molecule has 0 saturated heterocycles. The lowest BCUT2D eigenvalue weighted by atomic mass is 9.98. The van der Waals surface area contributed by atoms with Crippen LogP contribution >= 0.6 is 0 Å². The van der Waals surface area contributed by atoms with E-state index in [4.69, 9.17) is 15.9 Å². The van der Waals surface area contributed by atoms with E-state index in [0.717, 1.165) is 11.0 Å². The fourth-order valence-electron chi connectivity index (χ4n) is 4.55. The zero-order chi connectivity index (χ0) is 31.3. The second-order valence-electron chi connectivity index (χ2n) is 9.70. The van der Waals surface area contributed by atoms with E-state index in [1.165, 1.54) is 25.2 Å². The van der Waals surface area contributed by atoms with Gasteiger partial charge in [-0.05, 0) is 60.0 Å². The molecule has 1 heterocycles. The van der Waals surface area contributed by atoms with Crippen molar-refractivity contribution in [3.05, 3.63) is 82.7 Å². The van der Waals surface area contributed by atoms with Crippen molar-refractivity contribution in [1.82, 2.24) is 4.90 Å². The summed E-state index contributed by atoms with van der Waals surface area (Å²) >= 11 is 0. The van der Waals surface area contributed by atoms with Gasteiger partial charge in [0, 0.05) is 48.6 Å². The first-order valence-corrected chi connectivity index (χ1v) is 13.0. The van der Waals surface area contributed by atoms with Gasteiger partial charge < -0.3 is 30.7 Å². The Kier molecular flexibility index (Phi) is 9.68. The number of fused-ring (bicyclic) bond motifs is 4. The summed E-state index contributed by atoms with van der Waals surface area (Å²) in [5, 5.41) is 13.2. The average molecular weight is 606 g/mol. The maximum Gasteiger partial charge on any atom is 0.387 e. The van der Waals surface area contributed by atoms with Gasteiger partial charge >= 0.3 is 6.61 Å². The summed E-state index contributed by atoms with van der Waals surface area (Å²) in [4.78, 5) is 27.8. The van der Waals surface area contributed by atoms with Gasteiger partial charge in [-0.2, -0.15) is 8.78 Å². The van der Waals surface area contributed by atoms with Gasteiger partial charge in [-0.1, -0.05) is 6.07 Å². The fourth-order valence-corrected chi connectivity index (χ4v) is 4.55. The molecule has 0 saturated carbocycles. The number of benzene rings is 3. The van der Waals surface area contributed by atoms with Crippen LogP contribution in [0.25, 0.3) is 0 Å². The number of alkyl halides is 4. The van der Waals surface area contributed by atoms with Gasteiger partial charge in [0.05, 0.1) is 0 Å². The summed E-state index contributed by atoms with van der Waals surface area (Å²) < 4.78 is 76.7. The Hall–Kier alpha value is -4.88. The van der Waals surface area contributed by atoms with Crippen molar-refractivity contribution >= 4 is 29.0 Å². The van der Waals surface area contributed by atoms with Crippen molar-refractivity contribution in [3.63, 3.8) is 0 Å². The fraction of sp³-hybridized carbons (Fsp3) is 0.276. The number of amidine groups is 1. The highest BCUT2D eigenvalue weighted by Gasteiger charge is 2.28. The zero-order valence-electron chi connectivity index (χ0n) is 22.8.